The monoisotopic (exact) mass is 426 g/mol. The van der Waals surface area contributed by atoms with E-state index in [-0.39, 0.29) is 5.41 Å². The molecule has 0 spiro atoms. The summed E-state index contributed by atoms with van der Waals surface area (Å²) in [5, 5.41) is 19.4. The molecular weight excluding hydrogens is 400 g/mol. The van der Waals surface area contributed by atoms with Gasteiger partial charge >= 0.3 is 5.97 Å². The predicted molar refractivity (Wildman–Crippen MR) is 117 cm³/mol. The molecule has 1 aromatic heterocycles. The van der Waals surface area contributed by atoms with Crippen LogP contribution in [0.15, 0.2) is 23.2 Å². The lowest BCUT2D eigenvalue weighted by atomic mass is 9.72. The number of benzene rings is 1. The van der Waals surface area contributed by atoms with Crippen LogP contribution in [0.1, 0.15) is 48.8 Å². The maximum atomic E-state index is 10.9. The van der Waals surface area contributed by atoms with Gasteiger partial charge in [0.05, 0.1) is 12.7 Å². The maximum Gasteiger partial charge on any atom is 0.341 e. The molecule has 30 heavy (non-hydrogen) atoms. The fourth-order valence-corrected chi connectivity index (χ4v) is 4.95. The lowest BCUT2D eigenvalue weighted by Crippen LogP contribution is -2.26. The van der Waals surface area contributed by atoms with Crippen LogP contribution >= 0.6 is 11.3 Å². The average Bonchev–Trinajstić information content (AvgIpc) is 3.06. The van der Waals surface area contributed by atoms with Crippen LogP contribution in [0, 0.1) is 22.7 Å². The van der Waals surface area contributed by atoms with Crippen LogP contribution in [0.25, 0.3) is 0 Å². The van der Waals surface area contributed by atoms with E-state index in [1.807, 2.05) is 0 Å². The Bertz CT molecular complexity index is 1010. The summed E-state index contributed by atoms with van der Waals surface area (Å²) in [6, 6.07) is 7.59. The Labute approximate surface area is 180 Å². The Hall–Kier alpha value is -2.85. The van der Waals surface area contributed by atoms with Gasteiger partial charge in [0.15, 0.2) is 18.1 Å². The lowest BCUT2D eigenvalue weighted by Gasteiger charge is -2.33. The highest BCUT2D eigenvalue weighted by Crippen LogP contribution is 2.45. The van der Waals surface area contributed by atoms with Gasteiger partial charge in [-0.1, -0.05) is 26.8 Å². The number of aliphatic carboxylic acids is 1. The number of hydrogen-bond acceptors (Lipinski definition) is 6. The first kappa shape index (κ1) is 21.8. The third kappa shape index (κ3) is 4.65. The lowest BCUT2D eigenvalue weighted by molar-refractivity contribution is -0.139. The van der Waals surface area contributed by atoms with Gasteiger partial charge in [-0.15, -0.1) is 11.3 Å². The molecule has 0 unspecified atom stereocenters. The Morgan fingerprint density at radius 3 is 2.83 bits per heavy atom. The molecule has 0 aliphatic heterocycles. The fourth-order valence-electron chi connectivity index (χ4n) is 3.73. The Morgan fingerprint density at radius 1 is 1.43 bits per heavy atom. The van der Waals surface area contributed by atoms with Crippen LogP contribution in [-0.4, -0.2) is 31.0 Å². The number of nitriles is 1. The quantitative estimate of drug-likeness (QED) is 0.657. The van der Waals surface area contributed by atoms with Crippen molar-refractivity contribution in [2.45, 2.75) is 40.0 Å². The van der Waals surface area contributed by atoms with Crippen molar-refractivity contribution < 1.29 is 19.4 Å². The van der Waals surface area contributed by atoms with E-state index in [1.165, 1.54) is 12.0 Å². The Morgan fingerprint density at radius 2 is 2.20 bits per heavy atom. The van der Waals surface area contributed by atoms with Crippen molar-refractivity contribution in [1.29, 1.82) is 5.26 Å². The zero-order chi connectivity index (χ0) is 21.9. The van der Waals surface area contributed by atoms with Crippen molar-refractivity contribution in [2.24, 2.45) is 16.3 Å². The predicted octanol–water partition coefficient (Wildman–Crippen LogP) is 4.99. The van der Waals surface area contributed by atoms with E-state index in [9.17, 15) is 10.1 Å². The molecule has 0 saturated heterocycles. The van der Waals surface area contributed by atoms with Crippen molar-refractivity contribution in [2.75, 3.05) is 13.7 Å². The Balaban J connectivity index is 1.93. The summed E-state index contributed by atoms with van der Waals surface area (Å²) in [6.45, 7) is 6.32. The molecular formula is C23H26N2O4S. The maximum absolute atomic E-state index is 10.9. The summed E-state index contributed by atoms with van der Waals surface area (Å²) in [7, 11) is 1.50. The van der Waals surface area contributed by atoms with Gasteiger partial charge < -0.3 is 14.6 Å². The number of carboxylic acids is 1. The molecule has 1 aromatic carbocycles. The largest absolute Gasteiger partial charge is 0.493 e. The summed E-state index contributed by atoms with van der Waals surface area (Å²) in [6.07, 6.45) is 4.56. The van der Waals surface area contributed by atoms with Gasteiger partial charge in [-0.2, -0.15) is 5.26 Å². The zero-order valence-electron chi connectivity index (χ0n) is 17.7. The Kier molecular flexibility index (Phi) is 6.47. The van der Waals surface area contributed by atoms with Gasteiger partial charge in [-0.25, -0.2) is 9.79 Å². The van der Waals surface area contributed by atoms with E-state index in [2.05, 4.69) is 31.8 Å². The molecule has 0 saturated carbocycles. The first-order valence-corrected chi connectivity index (χ1v) is 10.7. The number of ether oxygens (including phenoxy) is 2. The highest BCUT2D eigenvalue weighted by molar-refractivity contribution is 7.16. The molecule has 3 rings (SSSR count). The molecule has 1 atom stereocenters. The van der Waals surface area contributed by atoms with Crippen molar-refractivity contribution >= 4 is 28.5 Å². The molecule has 1 aliphatic rings. The number of methoxy groups -OCH3 is 1. The van der Waals surface area contributed by atoms with Gasteiger partial charge in [-0.05, 0) is 48.3 Å². The summed E-state index contributed by atoms with van der Waals surface area (Å²) in [4.78, 5) is 16.8. The molecule has 1 aliphatic carbocycles. The zero-order valence-corrected chi connectivity index (χ0v) is 18.5. The number of rotatable bonds is 6. The smallest absolute Gasteiger partial charge is 0.341 e. The molecule has 0 radical (unpaired) electrons. The van der Waals surface area contributed by atoms with Gasteiger partial charge in [-0.3, -0.25) is 0 Å². The fraction of sp³-hybridized carbons (Fsp3) is 0.435. The minimum atomic E-state index is -1.07. The third-order valence-corrected chi connectivity index (χ3v) is 6.64. The van der Waals surface area contributed by atoms with Gasteiger partial charge in [0, 0.05) is 16.7 Å². The number of aliphatic imine (C=N–C) groups is 1. The van der Waals surface area contributed by atoms with Gasteiger partial charge in [0.25, 0.3) is 0 Å². The minimum Gasteiger partial charge on any atom is -0.493 e. The van der Waals surface area contributed by atoms with Crippen LogP contribution in [0.3, 0.4) is 0 Å². The molecule has 7 heteroatoms. The van der Waals surface area contributed by atoms with E-state index in [0.717, 1.165) is 24.8 Å². The minimum absolute atomic E-state index is 0.231. The summed E-state index contributed by atoms with van der Waals surface area (Å²) in [5.74, 6) is 0.259. The van der Waals surface area contributed by atoms with Crippen molar-refractivity contribution in [3.63, 3.8) is 0 Å². The summed E-state index contributed by atoms with van der Waals surface area (Å²) >= 11 is 1.57. The van der Waals surface area contributed by atoms with E-state index >= 15 is 0 Å². The highest BCUT2D eigenvalue weighted by Gasteiger charge is 2.32. The summed E-state index contributed by atoms with van der Waals surface area (Å²) < 4.78 is 10.7. The molecule has 0 amide bonds. The second-order valence-electron chi connectivity index (χ2n) is 8.42. The van der Waals surface area contributed by atoms with Crippen LogP contribution in [-0.2, 0) is 17.6 Å². The van der Waals surface area contributed by atoms with Crippen LogP contribution in [0.2, 0.25) is 0 Å². The third-order valence-electron chi connectivity index (χ3n) is 5.47. The number of fused-ring (bicyclic) bond motifs is 1. The molecule has 1 N–H and O–H groups in total. The standard InChI is InChI=1S/C23H26N2O4S/c1-23(2,3)15-8-9-16-17(11-24)22(30-19(16)10-15)25-12-14-6-5-7-18(28-4)21(14)29-13-20(26)27/h5-7,12,15H,8-10,13H2,1-4H3,(H,26,27)/t15-/m0/s1. The van der Waals surface area contributed by atoms with Gasteiger partial charge in [0.2, 0.25) is 0 Å². The molecule has 0 bridgehead atoms. The first-order valence-electron chi connectivity index (χ1n) is 9.85. The average molecular weight is 427 g/mol. The number of carbonyl (C=O) groups is 1. The second kappa shape index (κ2) is 8.88. The number of hydrogen-bond donors (Lipinski definition) is 1. The van der Waals surface area contributed by atoms with Gasteiger partial charge in [0.1, 0.15) is 11.1 Å². The highest BCUT2D eigenvalue weighted by atomic mass is 32.1. The first-order chi connectivity index (χ1) is 14.2. The van der Waals surface area contributed by atoms with Crippen LogP contribution in [0.5, 0.6) is 11.5 Å². The number of nitrogens with zero attached hydrogens (tertiary/aromatic N) is 2. The molecule has 0 fully saturated rings. The normalized spacial score (nSPS) is 16.2. The second-order valence-corrected chi connectivity index (χ2v) is 9.50. The van der Waals surface area contributed by atoms with E-state index < -0.39 is 12.6 Å². The number of carboxylic acid groups (broad SMARTS) is 1. The van der Waals surface area contributed by atoms with Crippen LogP contribution < -0.4 is 9.47 Å². The molecule has 6 nitrogen and oxygen atoms in total. The summed E-state index contributed by atoms with van der Waals surface area (Å²) in [5.41, 5.74) is 2.60. The van der Waals surface area contributed by atoms with Crippen molar-refractivity contribution in [1.82, 2.24) is 0 Å². The van der Waals surface area contributed by atoms with E-state index in [4.69, 9.17) is 14.6 Å². The SMILES string of the molecule is COc1cccc(C=Nc2sc3c(c2C#N)CC[C@H](C(C)(C)C)C3)c1OCC(=O)O. The number of para-hydroxylation sites is 1. The van der Waals surface area contributed by atoms with Crippen molar-refractivity contribution in [3.8, 4) is 17.6 Å². The molecule has 1 heterocycles. The topological polar surface area (TPSA) is 91.9 Å². The van der Waals surface area contributed by atoms with Crippen molar-refractivity contribution in [3.05, 3.63) is 39.8 Å². The van der Waals surface area contributed by atoms with E-state index in [1.54, 1.807) is 35.8 Å². The number of thiophene rings is 1. The van der Waals surface area contributed by atoms with Crippen LogP contribution in [0.4, 0.5) is 5.00 Å². The molecule has 2 aromatic rings. The van der Waals surface area contributed by atoms with E-state index in [0.29, 0.717) is 33.5 Å². The molecule has 158 valence electrons.